The highest BCUT2D eigenvalue weighted by Gasteiger charge is 2.53. The van der Waals surface area contributed by atoms with E-state index < -0.39 is 11.7 Å². The van der Waals surface area contributed by atoms with Crippen LogP contribution in [0.2, 0.25) is 0 Å². The van der Waals surface area contributed by atoms with Crippen LogP contribution in [0.5, 0.6) is 0 Å². The van der Waals surface area contributed by atoms with E-state index in [1.165, 1.54) is 0 Å². The molecule has 19 heavy (non-hydrogen) atoms. The smallest absolute Gasteiger partial charge is 0.334 e. The first-order valence-electron chi connectivity index (χ1n) is 6.69. The summed E-state index contributed by atoms with van der Waals surface area (Å²) in [7, 11) is 0. The molecule has 0 bridgehead atoms. The Balaban J connectivity index is 2.12. The monoisotopic (exact) mass is 262 g/mol. The number of ether oxygens (including phenoxy) is 1. The van der Waals surface area contributed by atoms with Crippen molar-refractivity contribution in [2.45, 2.75) is 44.8 Å². The fourth-order valence-corrected chi connectivity index (χ4v) is 3.67. The van der Waals surface area contributed by atoms with Crippen molar-refractivity contribution in [2.75, 3.05) is 0 Å². The molecule has 3 rings (SSSR count). The highest BCUT2D eigenvalue weighted by atomic mass is 16.6. The quantitative estimate of drug-likeness (QED) is 0.531. The number of fused-ring (bicyclic) bond motifs is 3. The topological polar surface area (TPSA) is 63.6 Å². The third kappa shape index (κ3) is 1.62. The Bertz CT molecular complexity index is 526. The number of aliphatic hydroxyl groups is 1. The number of rotatable bonds is 0. The predicted octanol–water partition coefficient (Wildman–Crippen LogP) is 1.53. The first-order chi connectivity index (χ1) is 8.83. The summed E-state index contributed by atoms with van der Waals surface area (Å²) in [5, 5.41) is 10.6. The van der Waals surface area contributed by atoms with Crippen molar-refractivity contribution in [3.8, 4) is 0 Å². The molecule has 0 unspecified atom stereocenters. The molecule has 0 spiro atoms. The molecule has 4 heteroatoms. The standard InChI is InChI=1S/C15H18O4/c1-7-9-4-5-15(3,18)10-6-11(16)8(2)12(10)13(9)19-14(7)17/h9-10,13,18H,1,4-6H2,2-3H3/t9-,10+,13-,15+/m0/s1. The van der Waals surface area contributed by atoms with Gasteiger partial charge in [0.25, 0.3) is 0 Å². The fourth-order valence-electron chi connectivity index (χ4n) is 3.67. The summed E-state index contributed by atoms with van der Waals surface area (Å²) in [6, 6.07) is 0. The van der Waals surface area contributed by atoms with Gasteiger partial charge in [-0.2, -0.15) is 0 Å². The van der Waals surface area contributed by atoms with Crippen LogP contribution >= 0.6 is 0 Å². The van der Waals surface area contributed by atoms with E-state index in [0.29, 0.717) is 30.4 Å². The van der Waals surface area contributed by atoms with Crippen molar-refractivity contribution in [3.63, 3.8) is 0 Å². The van der Waals surface area contributed by atoms with Gasteiger partial charge in [0.2, 0.25) is 0 Å². The molecule has 1 heterocycles. The second-order valence-electron chi connectivity index (χ2n) is 6.11. The second kappa shape index (κ2) is 3.79. The molecule has 0 amide bonds. The first kappa shape index (κ1) is 12.6. The van der Waals surface area contributed by atoms with E-state index in [4.69, 9.17) is 4.74 Å². The van der Waals surface area contributed by atoms with Crippen LogP contribution in [0.15, 0.2) is 23.3 Å². The van der Waals surface area contributed by atoms with Crippen LogP contribution in [0, 0.1) is 11.8 Å². The van der Waals surface area contributed by atoms with Crippen LogP contribution in [-0.2, 0) is 14.3 Å². The van der Waals surface area contributed by atoms with Gasteiger partial charge in [-0.15, -0.1) is 0 Å². The zero-order valence-corrected chi connectivity index (χ0v) is 11.2. The van der Waals surface area contributed by atoms with Crippen LogP contribution in [-0.4, -0.2) is 28.6 Å². The lowest BCUT2D eigenvalue weighted by molar-refractivity contribution is -0.138. The lowest BCUT2D eigenvalue weighted by atomic mass is 9.82. The van der Waals surface area contributed by atoms with Gasteiger partial charge in [0, 0.05) is 23.8 Å². The van der Waals surface area contributed by atoms with Crippen LogP contribution < -0.4 is 0 Å². The summed E-state index contributed by atoms with van der Waals surface area (Å²) >= 11 is 0. The van der Waals surface area contributed by atoms with Gasteiger partial charge in [0.15, 0.2) is 5.78 Å². The van der Waals surface area contributed by atoms with Crippen LogP contribution in [0.25, 0.3) is 0 Å². The Labute approximate surface area is 112 Å². The van der Waals surface area contributed by atoms with E-state index >= 15 is 0 Å². The first-order valence-corrected chi connectivity index (χ1v) is 6.69. The molecule has 2 fully saturated rings. The molecule has 1 saturated carbocycles. The molecule has 3 aliphatic rings. The molecule has 2 aliphatic carbocycles. The van der Waals surface area contributed by atoms with Gasteiger partial charge in [0.05, 0.1) is 5.60 Å². The van der Waals surface area contributed by atoms with E-state index in [2.05, 4.69) is 6.58 Å². The maximum atomic E-state index is 12.0. The summed E-state index contributed by atoms with van der Waals surface area (Å²) in [4.78, 5) is 23.7. The molecular weight excluding hydrogens is 244 g/mol. The summed E-state index contributed by atoms with van der Waals surface area (Å²) < 4.78 is 5.42. The molecule has 0 aromatic rings. The molecule has 1 N–H and O–H groups in total. The zero-order valence-electron chi connectivity index (χ0n) is 11.2. The Kier molecular flexibility index (Phi) is 2.52. The van der Waals surface area contributed by atoms with E-state index in [-0.39, 0.29) is 23.6 Å². The number of carbonyl (C=O) groups excluding carboxylic acids is 2. The van der Waals surface area contributed by atoms with Crippen LogP contribution in [0.4, 0.5) is 0 Å². The van der Waals surface area contributed by atoms with Gasteiger partial charge in [-0.3, -0.25) is 4.79 Å². The van der Waals surface area contributed by atoms with Crippen LogP contribution in [0.3, 0.4) is 0 Å². The average molecular weight is 262 g/mol. The Morgan fingerprint density at radius 3 is 2.79 bits per heavy atom. The predicted molar refractivity (Wildman–Crippen MR) is 68.2 cm³/mol. The number of hydrogen-bond acceptors (Lipinski definition) is 4. The minimum Gasteiger partial charge on any atom is -0.454 e. The maximum absolute atomic E-state index is 12.0. The Morgan fingerprint density at radius 2 is 2.11 bits per heavy atom. The zero-order chi connectivity index (χ0) is 13.9. The van der Waals surface area contributed by atoms with Crippen LogP contribution in [0.1, 0.15) is 33.1 Å². The number of Topliss-reactive ketones (excluding diaryl/α,β-unsaturated/α-hetero) is 1. The van der Waals surface area contributed by atoms with Gasteiger partial charge >= 0.3 is 5.97 Å². The molecule has 102 valence electrons. The molecular formula is C15H18O4. The summed E-state index contributed by atoms with van der Waals surface area (Å²) in [5.41, 5.74) is 1.04. The Hall–Kier alpha value is -1.42. The van der Waals surface area contributed by atoms with Crippen molar-refractivity contribution in [1.82, 2.24) is 0 Å². The summed E-state index contributed by atoms with van der Waals surface area (Å²) in [6.07, 6.45) is 1.15. The SMILES string of the molecule is C=C1C(=O)O[C@@H]2C3=C(C)C(=O)C[C@H]3[C@](C)(O)CC[C@@H]12. The largest absolute Gasteiger partial charge is 0.454 e. The van der Waals surface area contributed by atoms with Gasteiger partial charge in [-0.05, 0) is 37.8 Å². The molecule has 0 aromatic carbocycles. The average Bonchev–Trinajstić information content (AvgIpc) is 2.74. The van der Waals surface area contributed by atoms with E-state index in [1.54, 1.807) is 13.8 Å². The van der Waals surface area contributed by atoms with E-state index in [9.17, 15) is 14.7 Å². The number of hydrogen-bond donors (Lipinski definition) is 1. The molecule has 0 radical (unpaired) electrons. The van der Waals surface area contributed by atoms with Gasteiger partial charge in [-0.25, -0.2) is 4.79 Å². The molecule has 0 aromatic heterocycles. The van der Waals surface area contributed by atoms with Gasteiger partial charge < -0.3 is 9.84 Å². The number of carbonyl (C=O) groups is 2. The number of ketones is 1. The third-order valence-corrected chi connectivity index (χ3v) is 4.94. The van der Waals surface area contributed by atoms with Crippen molar-refractivity contribution < 1.29 is 19.4 Å². The van der Waals surface area contributed by atoms with Crippen molar-refractivity contribution in [3.05, 3.63) is 23.3 Å². The molecule has 4 atom stereocenters. The minimum absolute atomic E-state index is 0.0505. The van der Waals surface area contributed by atoms with E-state index in [1.807, 2.05) is 0 Å². The Morgan fingerprint density at radius 1 is 1.42 bits per heavy atom. The number of allylic oxidation sites excluding steroid dienone is 1. The number of esters is 1. The minimum atomic E-state index is -0.917. The normalized spacial score (nSPS) is 42.1. The van der Waals surface area contributed by atoms with Crippen molar-refractivity contribution in [1.29, 1.82) is 0 Å². The molecule has 1 aliphatic heterocycles. The van der Waals surface area contributed by atoms with Gasteiger partial charge in [-0.1, -0.05) is 6.58 Å². The lowest BCUT2D eigenvalue weighted by Gasteiger charge is -2.30. The summed E-state index contributed by atoms with van der Waals surface area (Å²) in [6.45, 7) is 7.35. The van der Waals surface area contributed by atoms with Crippen molar-refractivity contribution >= 4 is 11.8 Å². The van der Waals surface area contributed by atoms with Gasteiger partial charge in [0.1, 0.15) is 6.10 Å². The maximum Gasteiger partial charge on any atom is 0.334 e. The van der Waals surface area contributed by atoms with E-state index in [0.717, 1.165) is 5.57 Å². The highest BCUT2D eigenvalue weighted by molar-refractivity contribution is 6.00. The lowest BCUT2D eigenvalue weighted by Crippen LogP contribution is -2.35. The molecule has 1 saturated heterocycles. The van der Waals surface area contributed by atoms with Crippen molar-refractivity contribution in [2.24, 2.45) is 11.8 Å². The highest BCUT2D eigenvalue weighted by Crippen LogP contribution is 2.50. The summed E-state index contributed by atoms with van der Waals surface area (Å²) in [5.74, 6) is -0.641. The third-order valence-electron chi connectivity index (χ3n) is 4.94. The second-order valence-corrected chi connectivity index (χ2v) is 6.11. The molecule has 4 nitrogen and oxygen atoms in total. The fraction of sp³-hybridized carbons (Fsp3) is 0.600.